The van der Waals surface area contributed by atoms with Crippen LogP contribution in [-0.4, -0.2) is 9.97 Å². The third-order valence-electron chi connectivity index (χ3n) is 9.87. The summed E-state index contributed by atoms with van der Waals surface area (Å²) in [6.07, 6.45) is 0. The molecule has 208 valence electrons. The molecule has 0 radical (unpaired) electrons. The lowest BCUT2D eigenvalue weighted by Crippen LogP contribution is -2.26. The maximum absolute atomic E-state index is 5.27. The lowest BCUT2D eigenvalue weighted by molar-refractivity contribution is 0.797. The second-order valence-corrected chi connectivity index (χ2v) is 12.1. The third kappa shape index (κ3) is 3.23. The molecule has 2 nitrogen and oxygen atoms in total. The zero-order chi connectivity index (χ0) is 29.5. The van der Waals surface area contributed by atoms with E-state index >= 15 is 0 Å². The molecular weight excluding hydrogens is 544 g/mol. The average Bonchev–Trinajstić information content (AvgIpc) is 3.60. The number of rotatable bonds is 3. The normalized spacial score (nSPS) is 13.5. The Hall–Kier alpha value is -5.86. The number of hydrogen-bond donors (Lipinski definition) is 0. The lowest BCUT2D eigenvalue weighted by atomic mass is 9.70. The summed E-state index contributed by atoms with van der Waals surface area (Å²) in [7, 11) is 0. The molecular formula is C43H26N2. The molecule has 2 aliphatic carbocycles. The van der Waals surface area contributed by atoms with Crippen LogP contribution in [0.15, 0.2) is 158 Å². The van der Waals surface area contributed by atoms with E-state index in [2.05, 4.69) is 133 Å². The maximum atomic E-state index is 5.27. The van der Waals surface area contributed by atoms with Gasteiger partial charge in [0.15, 0.2) is 5.82 Å². The SMILES string of the molecule is c1ccc(-c2cc(-c3cccc4c3-c3ccccc3C43c4cccc5ccc6cccc3c6c45)nc(-c3ccccc3)n2)cc1. The number of hydrogen-bond acceptors (Lipinski definition) is 2. The summed E-state index contributed by atoms with van der Waals surface area (Å²) in [5, 5.41) is 5.33. The predicted octanol–water partition coefficient (Wildman–Crippen LogP) is 10.5. The van der Waals surface area contributed by atoms with Crippen LogP contribution in [0.4, 0.5) is 0 Å². The van der Waals surface area contributed by atoms with Crippen molar-refractivity contribution in [1.29, 1.82) is 0 Å². The van der Waals surface area contributed by atoms with E-state index < -0.39 is 5.41 Å². The van der Waals surface area contributed by atoms with Crippen molar-refractivity contribution in [1.82, 2.24) is 9.97 Å². The van der Waals surface area contributed by atoms with Crippen molar-refractivity contribution >= 4 is 21.5 Å². The molecule has 1 heterocycles. The maximum Gasteiger partial charge on any atom is 0.160 e. The molecule has 0 atom stereocenters. The zero-order valence-corrected chi connectivity index (χ0v) is 24.4. The minimum Gasteiger partial charge on any atom is -0.228 e. The molecule has 0 saturated carbocycles. The third-order valence-corrected chi connectivity index (χ3v) is 9.87. The fourth-order valence-electron chi connectivity index (χ4n) is 8.11. The molecule has 1 spiro atoms. The van der Waals surface area contributed by atoms with E-state index in [9.17, 15) is 0 Å². The summed E-state index contributed by atoms with van der Waals surface area (Å²) in [6.45, 7) is 0. The van der Waals surface area contributed by atoms with Gasteiger partial charge in [-0.05, 0) is 61.0 Å². The van der Waals surface area contributed by atoms with E-state index in [1.165, 1.54) is 54.9 Å². The Kier molecular flexibility index (Phi) is 4.95. The largest absolute Gasteiger partial charge is 0.228 e. The minimum absolute atomic E-state index is 0.401. The van der Waals surface area contributed by atoms with Crippen molar-refractivity contribution in [2.45, 2.75) is 5.41 Å². The summed E-state index contributed by atoms with van der Waals surface area (Å²) >= 11 is 0. The van der Waals surface area contributed by atoms with Gasteiger partial charge >= 0.3 is 0 Å². The van der Waals surface area contributed by atoms with Crippen molar-refractivity contribution in [3.63, 3.8) is 0 Å². The lowest BCUT2D eigenvalue weighted by Gasteiger charge is -2.31. The first-order valence-electron chi connectivity index (χ1n) is 15.5. The molecule has 8 aromatic rings. The molecule has 1 aromatic heterocycles. The van der Waals surface area contributed by atoms with Crippen LogP contribution in [0.25, 0.3) is 66.6 Å². The van der Waals surface area contributed by atoms with Gasteiger partial charge in [0.2, 0.25) is 0 Å². The quantitative estimate of drug-likeness (QED) is 0.198. The second-order valence-electron chi connectivity index (χ2n) is 12.1. The molecule has 10 rings (SSSR count). The van der Waals surface area contributed by atoms with Crippen LogP contribution in [0, 0.1) is 0 Å². The van der Waals surface area contributed by atoms with Crippen LogP contribution in [0.1, 0.15) is 22.3 Å². The fraction of sp³-hybridized carbons (Fsp3) is 0.0233. The van der Waals surface area contributed by atoms with Gasteiger partial charge in [0, 0.05) is 16.7 Å². The van der Waals surface area contributed by atoms with E-state index in [-0.39, 0.29) is 0 Å². The Labute approximate surface area is 261 Å². The Bertz CT molecular complexity index is 2360. The molecule has 2 aliphatic rings. The van der Waals surface area contributed by atoms with Crippen LogP contribution < -0.4 is 0 Å². The van der Waals surface area contributed by atoms with E-state index in [0.717, 1.165) is 33.9 Å². The molecule has 0 bridgehead atoms. The van der Waals surface area contributed by atoms with Crippen molar-refractivity contribution < 1.29 is 0 Å². The highest BCUT2D eigenvalue weighted by Crippen LogP contribution is 2.63. The number of nitrogens with zero attached hydrogens (tertiary/aromatic N) is 2. The van der Waals surface area contributed by atoms with Crippen molar-refractivity contribution in [3.8, 4) is 45.0 Å². The molecule has 0 fully saturated rings. The standard InChI is InChI=1S/C43H26N2/c1-3-12-27(13-4-1)37-26-38(45-42(44-37)30-14-5-2-6-15-30)32-19-11-23-36-41(32)31-18-7-8-20-33(31)43(36)34-21-9-16-28-24-25-29-17-10-22-35(43)40(29)39(28)34/h1-26H. The summed E-state index contributed by atoms with van der Waals surface area (Å²) in [5.74, 6) is 0.730. The topological polar surface area (TPSA) is 25.8 Å². The average molecular weight is 571 g/mol. The second kappa shape index (κ2) is 9.07. The summed E-state index contributed by atoms with van der Waals surface area (Å²) in [6, 6.07) is 56.9. The number of aromatic nitrogens is 2. The Balaban J connectivity index is 1.31. The molecule has 45 heavy (non-hydrogen) atoms. The molecule has 0 unspecified atom stereocenters. The Morgan fingerprint density at radius 1 is 0.378 bits per heavy atom. The van der Waals surface area contributed by atoms with Crippen molar-refractivity contribution in [3.05, 3.63) is 180 Å². The van der Waals surface area contributed by atoms with Crippen molar-refractivity contribution in [2.24, 2.45) is 0 Å². The first kappa shape index (κ1) is 24.6. The monoisotopic (exact) mass is 570 g/mol. The van der Waals surface area contributed by atoms with Gasteiger partial charge in [-0.25, -0.2) is 9.97 Å². The van der Waals surface area contributed by atoms with Gasteiger partial charge < -0.3 is 0 Å². The highest BCUT2D eigenvalue weighted by Gasteiger charge is 2.51. The molecule has 0 N–H and O–H groups in total. The van der Waals surface area contributed by atoms with Gasteiger partial charge in [-0.1, -0.05) is 152 Å². The number of benzene rings is 7. The van der Waals surface area contributed by atoms with Crippen LogP contribution >= 0.6 is 0 Å². The van der Waals surface area contributed by atoms with Crippen LogP contribution in [-0.2, 0) is 5.41 Å². The summed E-state index contributed by atoms with van der Waals surface area (Å²) < 4.78 is 0. The van der Waals surface area contributed by atoms with E-state index in [1.807, 2.05) is 24.3 Å². The van der Waals surface area contributed by atoms with E-state index in [4.69, 9.17) is 9.97 Å². The molecule has 0 aliphatic heterocycles. The Morgan fingerprint density at radius 2 is 0.911 bits per heavy atom. The van der Waals surface area contributed by atoms with Crippen LogP contribution in [0.5, 0.6) is 0 Å². The van der Waals surface area contributed by atoms with Gasteiger partial charge in [-0.3, -0.25) is 0 Å². The van der Waals surface area contributed by atoms with Gasteiger partial charge in [-0.15, -0.1) is 0 Å². The summed E-state index contributed by atoms with van der Waals surface area (Å²) in [5.41, 5.74) is 12.6. The molecule has 0 saturated heterocycles. The highest BCUT2D eigenvalue weighted by molar-refractivity contribution is 6.17. The van der Waals surface area contributed by atoms with Crippen LogP contribution in [0.2, 0.25) is 0 Å². The van der Waals surface area contributed by atoms with Crippen LogP contribution in [0.3, 0.4) is 0 Å². The van der Waals surface area contributed by atoms with Gasteiger partial charge in [0.05, 0.1) is 16.8 Å². The first-order valence-corrected chi connectivity index (χ1v) is 15.5. The molecule has 0 amide bonds. The van der Waals surface area contributed by atoms with E-state index in [1.54, 1.807) is 0 Å². The van der Waals surface area contributed by atoms with E-state index in [0.29, 0.717) is 0 Å². The summed E-state index contributed by atoms with van der Waals surface area (Å²) in [4.78, 5) is 10.3. The first-order chi connectivity index (χ1) is 22.3. The molecule has 2 heteroatoms. The van der Waals surface area contributed by atoms with Gasteiger partial charge in [0.25, 0.3) is 0 Å². The van der Waals surface area contributed by atoms with Gasteiger partial charge in [0.1, 0.15) is 0 Å². The smallest absolute Gasteiger partial charge is 0.160 e. The predicted molar refractivity (Wildman–Crippen MR) is 184 cm³/mol. The highest BCUT2D eigenvalue weighted by atomic mass is 14.9. The fourth-order valence-corrected chi connectivity index (χ4v) is 8.11. The minimum atomic E-state index is -0.401. The van der Waals surface area contributed by atoms with Crippen molar-refractivity contribution in [2.75, 3.05) is 0 Å². The van der Waals surface area contributed by atoms with Gasteiger partial charge in [-0.2, -0.15) is 0 Å². The Morgan fingerprint density at radius 3 is 1.62 bits per heavy atom. The zero-order valence-electron chi connectivity index (χ0n) is 24.4. The number of fused-ring (bicyclic) bond motifs is 7. The molecule has 7 aromatic carbocycles.